The van der Waals surface area contributed by atoms with E-state index >= 15 is 0 Å². The first-order valence-electron chi connectivity index (χ1n) is 10.5. The molecule has 0 spiro atoms. The third kappa shape index (κ3) is 4.71. The second-order valence-corrected chi connectivity index (χ2v) is 7.87. The van der Waals surface area contributed by atoms with Crippen LogP contribution in [0.1, 0.15) is 5.56 Å². The standard InChI is InChI=1S/C23H27N7O3/c1-25-9-17(8-24)15-3-4-18(19(7-15)32-2)29-22-27-10-16-5-6-26-21(20(16)30-22)28-11-23(12-31)13-33-14-23/h3-10,24-25,31H,11-14H2,1-2H3,(H,26,28)(H,27,29,30)/b17-9+,24-8?. The summed E-state index contributed by atoms with van der Waals surface area (Å²) in [7, 11) is 3.37. The van der Waals surface area contributed by atoms with E-state index in [1.54, 1.807) is 32.8 Å². The van der Waals surface area contributed by atoms with Crippen molar-refractivity contribution in [3.63, 3.8) is 0 Å². The number of nitrogens with one attached hydrogen (secondary N) is 4. The Hall–Kier alpha value is -3.76. The fourth-order valence-electron chi connectivity index (χ4n) is 3.52. The molecule has 0 atom stereocenters. The van der Waals surface area contributed by atoms with Gasteiger partial charge in [0, 0.05) is 49.4 Å². The van der Waals surface area contributed by atoms with E-state index in [1.165, 1.54) is 6.21 Å². The maximum absolute atomic E-state index is 9.68. The smallest absolute Gasteiger partial charge is 0.227 e. The second-order valence-electron chi connectivity index (χ2n) is 7.87. The van der Waals surface area contributed by atoms with Crippen molar-refractivity contribution in [2.75, 3.05) is 51.2 Å². The Morgan fingerprint density at radius 2 is 2.15 bits per heavy atom. The van der Waals surface area contributed by atoms with Crippen LogP contribution in [0.4, 0.5) is 17.5 Å². The molecule has 172 valence electrons. The molecule has 0 bridgehead atoms. The Labute approximate surface area is 191 Å². The summed E-state index contributed by atoms with van der Waals surface area (Å²) in [6.45, 7) is 1.61. The van der Waals surface area contributed by atoms with Crippen LogP contribution in [0.25, 0.3) is 16.5 Å². The minimum absolute atomic E-state index is 0.0472. The summed E-state index contributed by atoms with van der Waals surface area (Å²) in [5.41, 5.74) is 2.64. The van der Waals surface area contributed by atoms with Gasteiger partial charge >= 0.3 is 0 Å². The zero-order valence-electron chi connectivity index (χ0n) is 18.6. The number of aliphatic hydroxyl groups excluding tert-OH is 1. The molecule has 10 nitrogen and oxygen atoms in total. The number of aliphatic hydroxyl groups is 1. The molecule has 0 radical (unpaired) electrons. The minimum Gasteiger partial charge on any atom is -0.495 e. The predicted octanol–water partition coefficient (Wildman–Crippen LogP) is 2.41. The number of methoxy groups -OCH3 is 1. The van der Waals surface area contributed by atoms with Crippen molar-refractivity contribution < 1.29 is 14.6 Å². The highest BCUT2D eigenvalue weighted by atomic mass is 16.5. The van der Waals surface area contributed by atoms with Gasteiger partial charge in [0.05, 0.1) is 38.0 Å². The normalized spacial score (nSPS) is 14.9. The summed E-state index contributed by atoms with van der Waals surface area (Å²) in [5.74, 6) is 1.61. The van der Waals surface area contributed by atoms with E-state index in [9.17, 15) is 5.11 Å². The number of nitrogens with zero attached hydrogens (tertiary/aromatic N) is 3. The second kappa shape index (κ2) is 9.80. The molecule has 2 aromatic heterocycles. The van der Waals surface area contributed by atoms with Gasteiger partial charge in [0.1, 0.15) is 11.3 Å². The van der Waals surface area contributed by atoms with Gasteiger partial charge in [-0.3, -0.25) is 0 Å². The van der Waals surface area contributed by atoms with Crippen molar-refractivity contribution in [2.45, 2.75) is 0 Å². The van der Waals surface area contributed by atoms with Crippen LogP contribution in [0.3, 0.4) is 0 Å². The minimum atomic E-state index is -0.288. The Balaban J connectivity index is 1.60. The molecule has 0 unspecified atom stereocenters. The molecule has 10 heteroatoms. The van der Waals surface area contributed by atoms with Crippen molar-refractivity contribution in [3.8, 4) is 5.75 Å². The Kier molecular flexibility index (Phi) is 6.66. The molecule has 1 aromatic carbocycles. The van der Waals surface area contributed by atoms with Gasteiger partial charge in [0.2, 0.25) is 5.95 Å². The number of benzene rings is 1. The molecule has 3 heterocycles. The molecule has 1 saturated heterocycles. The van der Waals surface area contributed by atoms with Crippen LogP contribution in [0.2, 0.25) is 0 Å². The van der Waals surface area contributed by atoms with E-state index in [0.717, 1.165) is 16.5 Å². The number of allylic oxidation sites excluding steroid dienone is 1. The highest BCUT2D eigenvalue weighted by molar-refractivity contribution is 6.08. The van der Waals surface area contributed by atoms with Crippen molar-refractivity contribution in [2.24, 2.45) is 5.41 Å². The maximum Gasteiger partial charge on any atom is 0.227 e. The fourth-order valence-corrected chi connectivity index (χ4v) is 3.52. The largest absolute Gasteiger partial charge is 0.495 e. The monoisotopic (exact) mass is 449 g/mol. The molecule has 3 aromatic rings. The molecule has 0 aliphatic carbocycles. The van der Waals surface area contributed by atoms with E-state index in [1.807, 2.05) is 24.3 Å². The quantitative estimate of drug-likeness (QED) is 0.295. The van der Waals surface area contributed by atoms with Gasteiger partial charge in [-0.25, -0.2) is 15.0 Å². The van der Waals surface area contributed by atoms with Crippen LogP contribution in [0, 0.1) is 10.8 Å². The van der Waals surface area contributed by atoms with Crippen LogP contribution in [-0.2, 0) is 4.74 Å². The lowest BCUT2D eigenvalue weighted by Gasteiger charge is -2.39. The number of pyridine rings is 1. The Morgan fingerprint density at radius 1 is 1.30 bits per heavy atom. The highest BCUT2D eigenvalue weighted by Crippen LogP contribution is 2.31. The average molecular weight is 450 g/mol. The predicted molar refractivity (Wildman–Crippen MR) is 128 cm³/mol. The molecule has 1 fully saturated rings. The van der Waals surface area contributed by atoms with E-state index < -0.39 is 0 Å². The first kappa shape index (κ1) is 22.4. The molecule has 1 aliphatic rings. The van der Waals surface area contributed by atoms with Gasteiger partial charge in [0.25, 0.3) is 0 Å². The van der Waals surface area contributed by atoms with Crippen LogP contribution in [0.15, 0.2) is 42.9 Å². The molecular formula is C23H27N7O3. The van der Waals surface area contributed by atoms with E-state index in [-0.39, 0.29) is 12.0 Å². The number of fused-ring (bicyclic) bond motifs is 1. The van der Waals surface area contributed by atoms with Gasteiger partial charge in [-0.05, 0) is 23.8 Å². The molecule has 0 saturated carbocycles. The summed E-state index contributed by atoms with van der Waals surface area (Å²) in [5, 5.41) is 27.6. The number of hydrogen-bond acceptors (Lipinski definition) is 10. The average Bonchev–Trinajstić information content (AvgIpc) is 2.82. The molecule has 0 amide bonds. The summed E-state index contributed by atoms with van der Waals surface area (Å²) < 4.78 is 10.8. The van der Waals surface area contributed by atoms with Crippen LogP contribution < -0.4 is 20.7 Å². The van der Waals surface area contributed by atoms with Crippen molar-refractivity contribution >= 4 is 40.1 Å². The number of anilines is 3. The Bertz CT molecular complexity index is 1170. The summed E-state index contributed by atoms with van der Waals surface area (Å²) in [6.07, 6.45) is 6.46. The first-order valence-corrected chi connectivity index (χ1v) is 10.5. The third-order valence-electron chi connectivity index (χ3n) is 5.52. The zero-order chi connectivity index (χ0) is 23.3. The maximum atomic E-state index is 9.68. The topological polar surface area (TPSA) is 137 Å². The lowest BCUT2D eigenvalue weighted by molar-refractivity contribution is -0.128. The van der Waals surface area contributed by atoms with Crippen molar-refractivity contribution in [3.05, 3.63) is 48.4 Å². The van der Waals surface area contributed by atoms with Gasteiger partial charge in [-0.1, -0.05) is 6.07 Å². The van der Waals surface area contributed by atoms with Gasteiger partial charge < -0.3 is 35.9 Å². The lowest BCUT2D eigenvalue weighted by Crippen LogP contribution is -2.50. The molecule has 5 N–H and O–H groups in total. The summed E-state index contributed by atoms with van der Waals surface area (Å²) in [6, 6.07) is 7.45. The van der Waals surface area contributed by atoms with Crippen molar-refractivity contribution in [1.29, 1.82) is 5.41 Å². The highest BCUT2D eigenvalue weighted by Gasteiger charge is 2.38. The molecule has 4 rings (SSSR count). The SMILES string of the molecule is CN/C=C(\C=N)c1ccc(Nc2ncc3ccnc(NCC4(CO)COC4)c3n2)c(OC)c1. The van der Waals surface area contributed by atoms with Gasteiger partial charge in [-0.2, -0.15) is 0 Å². The summed E-state index contributed by atoms with van der Waals surface area (Å²) >= 11 is 0. The van der Waals surface area contributed by atoms with Crippen LogP contribution in [-0.4, -0.2) is 66.8 Å². The number of ether oxygens (including phenoxy) is 2. The van der Waals surface area contributed by atoms with E-state index in [4.69, 9.17) is 14.9 Å². The molecule has 1 aliphatic heterocycles. The van der Waals surface area contributed by atoms with Gasteiger partial charge in [-0.15, -0.1) is 0 Å². The van der Waals surface area contributed by atoms with Crippen molar-refractivity contribution in [1.82, 2.24) is 20.3 Å². The lowest BCUT2D eigenvalue weighted by atomic mass is 9.87. The first-order chi connectivity index (χ1) is 16.1. The van der Waals surface area contributed by atoms with Gasteiger partial charge in [0.15, 0.2) is 5.82 Å². The van der Waals surface area contributed by atoms with Crippen LogP contribution >= 0.6 is 0 Å². The summed E-state index contributed by atoms with van der Waals surface area (Å²) in [4.78, 5) is 13.5. The van der Waals surface area contributed by atoms with Crippen LogP contribution in [0.5, 0.6) is 5.75 Å². The fraction of sp³-hybridized carbons (Fsp3) is 0.304. The molecule has 33 heavy (non-hydrogen) atoms. The number of rotatable bonds is 10. The van der Waals surface area contributed by atoms with E-state index in [2.05, 4.69) is 30.9 Å². The zero-order valence-corrected chi connectivity index (χ0v) is 18.6. The number of hydrogen-bond donors (Lipinski definition) is 5. The Morgan fingerprint density at radius 3 is 2.82 bits per heavy atom. The molecular weight excluding hydrogens is 422 g/mol. The number of aromatic nitrogens is 3. The third-order valence-corrected chi connectivity index (χ3v) is 5.52. The van der Waals surface area contributed by atoms with E-state index in [0.29, 0.717) is 48.5 Å².